The number of hydrogen-bond acceptors (Lipinski definition) is 6. The molecule has 0 aromatic heterocycles. The highest BCUT2D eigenvalue weighted by atomic mass is 35.5. The zero-order valence-corrected chi connectivity index (χ0v) is 17.9. The number of benzene rings is 1. The first-order chi connectivity index (χ1) is 13.1. The minimum Gasteiger partial charge on any atom is -0.493 e. The standard InChI is InChI=1S/C20H24ClNO5S/c1-19-18(27-28(4,23)24)13(21)10-12-14-9-11-5-6-15(25-3)17(26-19)16(11)20(12,19)7-8-22(14)2/h5-6,10,13-14,18H,7-9H2,1-4H3/t13-,14-,18+,19+,20-/m1/s1. The van der Waals surface area contributed by atoms with Crippen LogP contribution < -0.4 is 9.47 Å². The van der Waals surface area contributed by atoms with Crippen molar-refractivity contribution >= 4 is 21.7 Å². The highest BCUT2D eigenvalue weighted by molar-refractivity contribution is 7.86. The molecule has 152 valence electrons. The molecular formula is C20H24ClNO5S. The number of likely N-dealkylation sites (N-methyl/N-ethyl adjacent to an activating group) is 1. The van der Waals surface area contributed by atoms with Gasteiger partial charge in [-0.2, -0.15) is 8.42 Å². The zero-order valence-electron chi connectivity index (χ0n) is 16.4. The lowest BCUT2D eigenvalue weighted by molar-refractivity contribution is -0.0719. The summed E-state index contributed by atoms with van der Waals surface area (Å²) < 4.78 is 41.9. The third kappa shape index (κ3) is 2.13. The number of alkyl halides is 1. The summed E-state index contributed by atoms with van der Waals surface area (Å²) in [6, 6.07) is 4.25. The Balaban J connectivity index is 1.83. The van der Waals surface area contributed by atoms with Crippen molar-refractivity contribution in [3.05, 3.63) is 34.9 Å². The normalized spacial score (nSPS) is 38.5. The van der Waals surface area contributed by atoms with Gasteiger partial charge >= 0.3 is 0 Å². The molecule has 0 amide bonds. The summed E-state index contributed by atoms with van der Waals surface area (Å²) in [4.78, 5) is 2.35. The number of rotatable bonds is 3. The monoisotopic (exact) mass is 425 g/mol. The van der Waals surface area contributed by atoms with Crippen molar-refractivity contribution in [2.75, 3.05) is 27.0 Å². The molecule has 0 saturated carbocycles. The number of methoxy groups -OCH3 is 1. The molecule has 0 unspecified atom stereocenters. The Morgan fingerprint density at radius 2 is 2.11 bits per heavy atom. The third-order valence-corrected chi connectivity index (χ3v) is 8.01. The van der Waals surface area contributed by atoms with Gasteiger partial charge in [0.05, 0.1) is 24.2 Å². The largest absolute Gasteiger partial charge is 0.493 e. The number of piperidine rings is 1. The molecular weight excluding hydrogens is 402 g/mol. The van der Waals surface area contributed by atoms with Crippen molar-refractivity contribution in [2.45, 2.75) is 48.3 Å². The van der Waals surface area contributed by atoms with E-state index in [-0.39, 0.29) is 6.04 Å². The number of hydrogen-bond donors (Lipinski definition) is 0. The van der Waals surface area contributed by atoms with E-state index in [9.17, 15) is 8.42 Å². The fourth-order valence-corrected chi connectivity index (χ4v) is 7.11. The van der Waals surface area contributed by atoms with Gasteiger partial charge < -0.3 is 9.47 Å². The van der Waals surface area contributed by atoms with Crippen molar-refractivity contribution in [1.29, 1.82) is 0 Å². The van der Waals surface area contributed by atoms with Crippen LogP contribution in [0.2, 0.25) is 0 Å². The van der Waals surface area contributed by atoms with Crippen molar-refractivity contribution in [2.24, 2.45) is 0 Å². The minimum atomic E-state index is -3.72. The van der Waals surface area contributed by atoms with Crippen LogP contribution in [0.3, 0.4) is 0 Å². The smallest absolute Gasteiger partial charge is 0.264 e. The first-order valence-corrected chi connectivity index (χ1v) is 11.7. The first-order valence-electron chi connectivity index (χ1n) is 9.46. The fraction of sp³-hybridized carbons (Fsp3) is 0.600. The molecule has 1 saturated heterocycles. The predicted molar refractivity (Wildman–Crippen MR) is 106 cm³/mol. The van der Waals surface area contributed by atoms with Crippen molar-refractivity contribution in [3.63, 3.8) is 0 Å². The summed E-state index contributed by atoms with van der Waals surface area (Å²) >= 11 is 6.72. The van der Waals surface area contributed by atoms with Crippen LogP contribution in [0, 0.1) is 0 Å². The summed E-state index contributed by atoms with van der Waals surface area (Å²) in [5.41, 5.74) is 2.15. The summed E-state index contributed by atoms with van der Waals surface area (Å²) in [7, 11) is 0.0260. The molecule has 2 aliphatic heterocycles. The van der Waals surface area contributed by atoms with E-state index < -0.39 is 32.6 Å². The number of halogens is 1. The van der Waals surface area contributed by atoms with Gasteiger partial charge in [0.2, 0.25) is 0 Å². The molecule has 2 heterocycles. The Morgan fingerprint density at radius 1 is 1.36 bits per heavy atom. The van der Waals surface area contributed by atoms with Gasteiger partial charge in [0.15, 0.2) is 11.5 Å². The van der Waals surface area contributed by atoms with Gasteiger partial charge in [-0.25, -0.2) is 0 Å². The molecule has 1 aromatic rings. The summed E-state index contributed by atoms with van der Waals surface area (Å²) in [5.74, 6) is 1.36. The quantitative estimate of drug-likeness (QED) is 0.420. The maximum Gasteiger partial charge on any atom is 0.264 e. The molecule has 28 heavy (non-hydrogen) atoms. The number of ether oxygens (including phenoxy) is 2. The molecule has 1 aromatic carbocycles. The number of likely N-dealkylation sites (tertiary alicyclic amines) is 1. The van der Waals surface area contributed by atoms with Gasteiger partial charge in [0, 0.05) is 11.6 Å². The lowest BCUT2D eigenvalue weighted by Crippen LogP contribution is -2.69. The molecule has 5 rings (SSSR count). The SMILES string of the molecule is COc1ccc2c3c1O[C@@]1(C)[C@@H](OS(C)(=O)=O)[C@H](Cl)C=C4[C@@H](C2)N(C)CC[C@@]431. The van der Waals surface area contributed by atoms with Gasteiger partial charge in [-0.05, 0) is 50.6 Å². The molecule has 8 heteroatoms. The average Bonchev–Trinajstić information content (AvgIpc) is 2.88. The van der Waals surface area contributed by atoms with E-state index in [1.165, 1.54) is 11.1 Å². The van der Waals surface area contributed by atoms with E-state index in [0.717, 1.165) is 31.2 Å². The second-order valence-electron chi connectivity index (χ2n) is 8.48. The van der Waals surface area contributed by atoms with Crippen molar-refractivity contribution in [1.82, 2.24) is 4.90 Å². The molecule has 1 fully saturated rings. The van der Waals surface area contributed by atoms with E-state index in [0.29, 0.717) is 11.5 Å². The van der Waals surface area contributed by atoms with E-state index >= 15 is 0 Å². The fourth-order valence-electron chi connectivity index (χ4n) is 5.95. The number of nitrogens with zero attached hydrogens (tertiary/aromatic N) is 1. The van der Waals surface area contributed by atoms with E-state index in [4.69, 9.17) is 25.3 Å². The zero-order chi connectivity index (χ0) is 20.1. The summed E-state index contributed by atoms with van der Waals surface area (Å²) in [5, 5.41) is -0.612. The van der Waals surface area contributed by atoms with Crippen LogP contribution in [-0.2, 0) is 26.1 Å². The Kier molecular flexibility index (Phi) is 3.78. The van der Waals surface area contributed by atoms with Crippen LogP contribution in [-0.4, -0.2) is 63.4 Å². The van der Waals surface area contributed by atoms with Crippen LogP contribution in [0.25, 0.3) is 0 Å². The highest BCUT2D eigenvalue weighted by Gasteiger charge is 2.71. The van der Waals surface area contributed by atoms with Crippen LogP contribution >= 0.6 is 11.6 Å². The van der Waals surface area contributed by atoms with Crippen molar-refractivity contribution in [3.8, 4) is 11.5 Å². The van der Waals surface area contributed by atoms with Gasteiger partial charge in [-0.1, -0.05) is 12.1 Å². The van der Waals surface area contributed by atoms with Crippen LogP contribution in [0.1, 0.15) is 24.5 Å². The Hall–Kier alpha value is -1.28. The molecule has 1 spiro atoms. The third-order valence-electron chi connectivity index (χ3n) is 7.10. The molecule has 2 bridgehead atoms. The maximum absolute atomic E-state index is 12.1. The Bertz CT molecular complexity index is 1010. The molecule has 6 nitrogen and oxygen atoms in total. The first kappa shape index (κ1) is 18.7. The molecule has 4 aliphatic rings. The average molecular weight is 426 g/mol. The Labute approximate surface area is 170 Å². The van der Waals surface area contributed by atoms with Crippen LogP contribution in [0.15, 0.2) is 23.8 Å². The van der Waals surface area contributed by atoms with Crippen LogP contribution in [0.4, 0.5) is 0 Å². The molecule has 5 atom stereocenters. The van der Waals surface area contributed by atoms with E-state index in [2.05, 4.69) is 18.0 Å². The highest BCUT2D eigenvalue weighted by Crippen LogP contribution is 2.67. The molecule has 2 aliphatic carbocycles. The van der Waals surface area contributed by atoms with Gasteiger partial charge in [-0.3, -0.25) is 9.08 Å². The van der Waals surface area contributed by atoms with E-state index in [1.807, 2.05) is 19.1 Å². The topological polar surface area (TPSA) is 65.1 Å². The van der Waals surface area contributed by atoms with Gasteiger partial charge in [0.25, 0.3) is 10.1 Å². The Morgan fingerprint density at radius 3 is 2.79 bits per heavy atom. The van der Waals surface area contributed by atoms with Crippen molar-refractivity contribution < 1.29 is 22.1 Å². The minimum absolute atomic E-state index is 0.212. The lowest BCUT2D eigenvalue weighted by atomic mass is 9.51. The predicted octanol–water partition coefficient (Wildman–Crippen LogP) is 2.24. The van der Waals surface area contributed by atoms with Crippen LogP contribution in [0.5, 0.6) is 11.5 Å². The molecule has 0 N–H and O–H groups in total. The second kappa shape index (κ2) is 5.65. The van der Waals surface area contributed by atoms with Gasteiger partial charge in [0.1, 0.15) is 11.7 Å². The van der Waals surface area contributed by atoms with Gasteiger partial charge in [-0.15, -0.1) is 11.6 Å². The molecule has 0 radical (unpaired) electrons. The second-order valence-corrected chi connectivity index (χ2v) is 10.6. The van der Waals surface area contributed by atoms with E-state index in [1.54, 1.807) is 7.11 Å². The summed E-state index contributed by atoms with van der Waals surface area (Å²) in [6.07, 6.45) is 3.92. The lowest BCUT2D eigenvalue weighted by Gasteiger charge is -2.59. The maximum atomic E-state index is 12.1. The summed E-state index contributed by atoms with van der Waals surface area (Å²) in [6.45, 7) is 2.83.